The van der Waals surface area contributed by atoms with Crippen molar-refractivity contribution in [3.63, 3.8) is 0 Å². The Kier molecular flexibility index (Phi) is 5.99. The van der Waals surface area contributed by atoms with Crippen LogP contribution in [0, 0.1) is 13.8 Å². The minimum atomic E-state index is -0.333. The van der Waals surface area contributed by atoms with Crippen molar-refractivity contribution < 1.29 is 14.3 Å². The number of morpholine rings is 1. The molecule has 8 nitrogen and oxygen atoms in total. The number of anilines is 1. The molecule has 1 N–H and O–H groups in total. The molecule has 4 rings (SSSR count). The Morgan fingerprint density at radius 2 is 1.84 bits per heavy atom. The Bertz CT molecular complexity index is 1090. The van der Waals surface area contributed by atoms with Crippen LogP contribution in [0.2, 0.25) is 0 Å². The van der Waals surface area contributed by atoms with Gasteiger partial charge in [0.2, 0.25) is 5.82 Å². The molecule has 1 aromatic carbocycles. The van der Waals surface area contributed by atoms with Crippen molar-refractivity contribution in [3.8, 4) is 5.75 Å². The number of hydrogen-bond donors (Lipinski definition) is 1. The molecule has 0 aliphatic carbocycles. The maximum atomic E-state index is 13.1. The first-order valence-corrected chi connectivity index (χ1v) is 10.4. The van der Waals surface area contributed by atoms with Gasteiger partial charge in [-0.05, 0) is 50.1 Å². The molecule has 1 amide bonds. The molecule has 0 spiro atoms. The smallest absolute Gasteiger partial charge is 0.289 e. The molecule has 1 aliphatic heterocycles. The first kappa shape index (κ1) is 21.0. The number of carbonyl (C=O) groups excluding carboxylic acids is 1. The average Bonchev–Trinajstić information content (AvgIpc) is 2.78. The van der Waals surface area contributed by atoms with E-state index in [9.17, 15) is 4.79 Å². The third kappa shape index (κ3) is 4.44. The molecule has 1 saturated heterocycles. The van der Waals surface area contributed by atoms with E-state index in [1.807, 2.05) is 51.1 Å². The molecular weight excluding hydrogens is 394 g/mol. The number of aromatic nitrogens is 3. The van der Waals surface area contributed by atoms with E-state index in [1.54, 1.807) is 7.11 Å². The highest BCUT2D eigenvalue weighted by molar-refractivity contribution is 5.97. The summed E-state index contributed by atoms with van der Waals surface area (Å²) in [6.45, 7) is 8.55. The quantitative estimate of drug-likeness (QED) is 0.677. The number of aryl methyl sites for hydroxylation is 2. The van der Waals surface area contributed by atoms with Crippen LogP contribution in [0.25, 0.3) is 11.0 Å². The van der Waals surface area contributed by atoms with E-state index < -0.39 is 0 Å². The fraction of sp³-hybridized carbons (Fsp3) is 0.391. The maximum Gasteiger partial charge on any atom is 0.289 e. The Labute approximate surface area is 181 Å². The van der Waals surface area contributed by atoms with Crippen LogP contribution in [0.5, 0.6) is 5.75 Å². The normalized spacial score (nSPS) is 15.0. The van der Waals surface area contributed by atoms with Gasteiger partial charge in [-0.15, -0.1) is 0 Å². The van der Waals surface area contributed by atoms with Crippen molar-refractivity contribution in [1.29, 1.82) is 0 Å². The number of pyridine rings is 1. The number of methoxy groups -OCH3 is 1. The lowest BCUT2D eigenvalue weighted by Gasteiger charge is -2.29. The van der Waals surface area contributed by atoms with E-state index in [0.717, 1.165) is 33.8 Å². The van der Waals surface area contributed by atoms with Gasteiger partial charge >= 0.3 is 0 Å². The van der Waals surface area contributed by atoms with E-state index >= 15 is 0 Å². The molecule has 1 atom stereocenters. The van der Waals surface area contributed by atoms with Crippen LogP contribution in [0.3, 0.4) is 0 Å². The van der Waals surface area contributed by atoms with Gasteiger partial charge in [-0.3, -0.25) is 4.79 Å². The lowest BCUT2D eigenvalue weighted by atomic mass is 10.1. The summed E-state index contributed by atoms with van der Waals surface area (Å²) in [5.74, 6) is 1.29. The number of benzene rings is 1. The highest BCUT2D eigenvalue weighted by Crippen LogP contribution is 2.27. The van der Waals surface area contributed by atoms with Crippen LogP contribution >= 0.6 is 0 Å². The van der Waals surface area contributed by atoms with Gasteiger partial charge in [-0.2, -0.15) is 0 Å². The number of nitrogens with one attached hydrogen (secondary N) is 1. The van der Waals surface area contributed by atoms with Crippen LogP contribution in [-0.2, 0) is 4.74 Å². The van der Waals surface area contributed by atoms with Crippen molar-refractivity contribution in [2.24, 2.45) is 0 Å². The number of amides is 1. The van der Waals surface area contributed by atoms with Crippen molar-refractivity contribution in [2.75, 3.05) is 38.3 Å². The van der Waals surface area contributed by atoms with Crippen LogP contribution < -0.4 is 15.0 Å². The first-order valence-electron chi connectivity index (χ1n) is 10.4. The molecule has 1 aliphatic rings. The maximum absolute atomic E-state index is 13.1. The highest BCUT2D eigenvalue weighted by Gasteiger charge is 2.23. The molecule has 8 heteroatoms. The zero-order chi connectivity index (χ0) is 22.0. The number of carbonyl (C=O) groups is 1. The molecule has 3 aromatic rings. The second-order valence-electron chi connectivity index (χ2n) is 7.72. The molecule has 1 fully saturated rings. The van der Waals surface area contributed by atoms with E-state index in [0.29, 0.717) is 32.0 Å². The van der Waals surface area contributed by atoms with E-state index in [4.69, 9.17) is 9.47 Å². The predicted octanol–water partition coefficient (Wildman–Crippen LogP) is 2.98. The van der Waals surface area contributed by atoms with Crippen molar-refractivity contribution >= 4 is 22.8 Å². The Morgan fingerprint density at radius 3 is 2.52 bits per heavy atom. The van der Waals surface area contributed by atoms with Gasteiger partial charge in [0.1, 0.15) is 11.6 Å². The second-order valence-corrected chi connectivity index (χ2v) is 7.72. The van der Waals surface area contributed by atoms with Crippen LogP contribution in [0.1, 0.15) is 40.4 Å². The summed E-state index contributed by atoms with van der Waals surface area (Å²) in [4.78, 5) is 29.0. The third-order valence-corrected chi connectivity index (χ3v) is 5.45. The fourth-order valence-electron chi connectivity index (χ4n) is 3.80. The summed E-state index contributed by atoms with van der Waals surface area (Å²) in [5.41, 5.74) is 3.40. The Hall–Kier alpha value is -3.26. The zero-order valence-electron chi connectivity index (χ0n) is 18.3. The molecule has 3 heterocycles. The van der Waals surface area contributed by atoms with E-state index in [-0.39, 0.29) is 17.8 Å². The number of rotatable bonds is 5. The zero-order valence-corrected chi connectivity index (χ0v) is 18.3. The van der Waals surface area contributed by atoms with Gasteiger partial charge in [0.15, 0.2) is 5.65 Å². The topological polar surface area (TPSA) is 89.5 Å². The van der Waals surface area contributed by atoms with Gasteiger partial charge in [0, 0.05) is 18.8 Å². The predicted molar refractivity (Wildman–Crippen MR) is 119 cm³/mol. The molecular formula is C23H27N5O3. The second kappa shape index (κ2) is 8.85. The standard InChI is InChI=1S/C23H27N5O3/c1-14-13-15(2)24-20-19(14)22(28-9-11-31-12-10-28)27-21(26-20)23(29)25-16(3)17-5-7-18(30-4)8-6-17/h5-8,13,16H,9-12H2,1-4H3,(H,25,29). The summed E-state index contributed by atoms with van der Waals surface area (Å²) < 4.78 is 10.7. The molecule has 1 unspecified atom stereocenters. The monoisotopic (exact) mass is 421 g/mol. The Morgan fingerprint density at radius 1 is 1.13 bits per heavy atom. The molecule has 31 heavy (non-hydrogen) atoms. The fourth-order valence-corrected chi connectivity index (χ4v) is 3.80. The minimum absolute atomic E-state index is 0.117. The summed E-state index contributed by atoms with van der Waals surface area (Å²) in [7, 11) is 1.63. The number of hydrogen-bond acceptors (Lipinski definition) is 7. The van der Waals surface area contributed by atoms with Gasteiger partial charge in [0.25, 0.3) is 5.91 Å². The minimum Gasteiger partial charge on any atom is -0.497 e. The Balaban J connectivity index is 1.68. The molecule has 0 bridgehead atoms. The third-order valence-electron chi connectivity index (χ3n) is 5.45. The van der Waals surface area contributed by atoms with Crippen LogP contribution in [-0.4, -0.2) is 54.3 Å². The SMILES string of the molecule is COc1ccc(C(C)NC(=O)c2nc(N3CCOCC3)c3c(C)cc(C)nc3n2)cc1. The first-order chi connectivity index (χ1) is 15.0. The molecule has 2 aromatic heterocycles. The van der Waals surface area contributed by atoms with Crippen LogP contribution in [0.15, 0.2) is 30.3 Å². The van der Waals surface area contributed by atoms with Crippen molar-refractivity contribution in [1.82, 2.24) is 20.3 Å². The van der Waals surface area contributed by atoms with E-state index in [2.05, 4.69) is 25.2 Å². The van der Waals surface area contributed by atoms with Gasteiger partial charge in [-0.1, -0.05) is 12.1 Å². The summed E-state index contributed by atoms with van der Waals surface area (Å²) in [6, 6.07) is 9.40. The number of fused-ring (bicyclic) bond motifs is 1. The van der Waals surface area contributed by atoms with Gasteiger partial charge in [-0.25, -0.2) is 15.0 Å². The summed E-state index contributed by atoms with van der Waals surface area (Å²) in [5, 5.41) is 3.88. The molecule has 0 radical (unpaired) electrons. The van der Waals surface area contributed by atoms with E-state index in [1.165, 1.54) is 0 Å². The lowest BCUT2D eigenvalue weighted by Crippen LogP contribution is -2.38. The van der Waals surface area contributed by atoms with Gasteiger partial charge < -0.3 is 19.7 Å². The van der Waals surface area contributed by atoms with Gasteiger partial charge in [0.05, 0.1) is 31.8 Å². The average molecular weight is 422 g/mol. The number of ether oxygens (including phenoxy) is 2. The lowest BCUT2D eigenvalue weighted by molar-refractivity contribution is 0.0929. The summed E-state index contributed by atoms with van der Waals surface area (Å²) in [6.07, 6.45) is 0. The largest absolute Gasteiger partial charge is 0.497 e. The van der Waals surface area contributed by atoms with Crippen LogP contribution in [0.4, 0.5) is 5.82 Å². The number of nitrogens with zero attached hydrogens (tertiary/aromatic N) is 4. The summed E-state index contributed by atoms with van der Waals surface area (Å²) >= 11 is 0. The van der Waals surface area contributed by atoms with Crippen molar-refractivity contribution in [2.45, 2.75) is 26.8 Å². The molecule has 0 saturated carbocycles. The highest BCUT2D eigenvalue weighted by atomic mass is 16.5. The van der Waals surface area contributed by atoms with Crippen molar-refractivity contribution in [3.05, 3.63) is 53.0 Å². The molecule has 162 valence electrons.